The van der Waals surface area contributed by atoms with E-state index in [1.54, 1.807) is 0 Å². The van der Waals surface area contributed by atoms with Gasteiger partial charge in [0.1, 0.15) is 0 Å². The van der Waals surface area contributed by atoms with Gasteiger partial charge in [0.2, 0.25) is 0 Å². The van der Waals surface area contributed by atoms with E-state index in [4.69, 9.17) is 20.8 Å². The van der Waals surface area contributed by atoms with Crippen molar-refractivity contribution in [2.75, 3.05) is 19.6 Å². The van der Waals surface area contributed by atoms with Crippen molar-refractivity contribution < 1.29 is 15.1 Å². The minimum absolute atomic E-state index is 0. The Hall–Kier alpha value is 2.35. The Morgan fingerprint density at radius 2 is 1.64 bits per heavy atom. The summed E-state index contributed by atoms with van der Waals surface area (Å²) in [5.41, 5.74) is 5.10. The van der Waals surface area contributed by atoms with Gasteiger partial charge in [0, 0.05) is 26.6 Å². The van der Waals surface area contributed by atoms with Crippen LogP contribution in [-0.2, 0) is 4.79 Å². The summed E-state index contributed by atoms with van der Waals surface area (Å²) in [5.74, 6) is -0.833. The number of hydrogen-bond donors (Lipinski definition) is 3. The van der Waals surface area contributed by atoms with Gasteiger partial charge in [-0.2, -0.15) is 5.06 Å². The molecular weight excluding hydrogens is 217 g/mol. The second-order valence-electron chi connectivity index (χ2n) is 1.85. The van der Waals surface area contributed by atoms with Gasteiger partial charge in [0.15, 0.2) is 0 Å². The van der Waals surface area contributed by atoms with Crippen molar-refractivity contribution in [1.29, 1.82) is 0 Å². The zero-order valence-electron chi connectivity index (χ0n) is 6.95. The first-order valence-electron chi connectivity index (χ1n) is 3.38. The van der Waals surface area contributed by atoms with Crippen LogP contribution in [0.1, 0.15) is 13.8 Å². The molecule has 0 aromatic heterocycles. The van der Waals surface area contributed by atoms with Gasteiger partial charge in [-0.3, -0.25) is 4.79 Å². The Morgan fingerprint density at radius 3 is 1.71 bits per heavy atom. The third-order valence-corrected chi connectivity index (χ3v) is 0.752. The van der Waals surface area contributed by atoms with E-state index >= 15 is 0 Å². The summed E-state index contributed by atoms with van der Waals surface area (Å²) in [6.07, 6.45) is 0. The monoisotopic (exact) mass is 236 g/mol. The molecule has 14 heavy (non-hydrogen) atoms. The SMILES string of the molecule is CC(=O)O.CCN(O)CCN.[NaH].[NaH].[NaH]. The standard InChI is InChI=1S/C4H12N2O.C2H4O2.3Na.3H/c1-2-6(7)4-3-5;1-2(3)4;;;;;;/h7H,2-5H2,1H3;1H3,(H,3,4);;;;;;. The fourth-order valence-corrected chi connectivity index (χ4v) is 0.307. The molecule has 0 aromatic rings. The number of likely N-dealkylation sites (N-methyl/N-ethyl adjacent to an activating group) is 1. The van der Waals surface area contributed by atoms with Crippen molar-refractivity contribution in [3.63, 3.8) is 0 Å². The average Bonchev–Trinajstić information content (AvgIpc) is 1.87. The molecule has 0 saturated carbocycles. The summed E-state index contributed by atoms with van der Waals surface area (Å²) in [5, 5.41) is 17.2. The molecule has 0 fully saturated rings. The van der Waals surface area contributed by atoms with E-state index in [1.807, 2.05) is 6.92 Å². The average molecular weight is 236 g/mol. The molecule has 0 aliphatic rings. The normalized spacial score (nSPS) is 6.93. The van der Waals surface area contributed by atoms with Crippen LogP contribution in [0.2, 0.25) is 0 Å². The molecule has 8 heteroatoms. The molecule has 4 N–H and O–H groups in total. The topological polar surface area (TPSA) is 86.8 Å². The van der Waals surface area contributed by atoms with Gasteiger partial charge in [-0.15, -0.1) is 0 Å². The number of carboxylic acid groups (broad SMARTS) is 1. The van der Waals surface area contributed by atoms with Crippen LogP contribution < -0.4 is 5.73 Å². The fraction of sp³-hybridized carbons (Fsp3) is 0.833. The first-order valence-corrected chi connectivity index (χ1v) is 3.38. The zero-order chi connectivity index (χ0) is 9.28. The van der Waals surface area contributed by atoms with Gasteiger partial charge in [0.25, 0.3) is 5.97 Å². The van der Waals surface area contributed by atoms with Gasteiger partial charge in [-0.1, -0.05) is 6.92 Å². The predicted molar refractivity (Wildman–Crippen MR) is 62.8 cm³/mol. The summed E-state index contributed by atoms with van der Waals surface area (Å²) < 4.78 is 0. The third-order valence-electron chi connectivity index (χ3n) is 0.752. The summed E-state index contributed by atoms with van der Waals surface area (Å²) in [4.78, 5) is 9.00. The maximum atomic E-state index is 9.00. The van der Waals surface area contributed by atoms with Crippen molar-refractivity contribution in [3.8, 4) is 0 Å². The molecule has 5 nitrogen and oxygen atoms in total. The second kappa shape index (κ2) is 24.5. The van der Waals surface area contributed by atoms with Crippen LogP contribution in [0.4, 0.5) is 0 Å². The van der Waals surface area contributed by atoms with E-state index in [9.17, 15) is 0 Å². The van der Waals surface area contributed by atoms with Gasteiger partial charge >= 0.3 is 88.7 Å². The van der Waals surface area contributed by atoms with Crippen LogP contribution in [-0.4, -0.2) is 130 Å². The van der Waals surface area contributed by atoms with Crippen LogP contribution >= 0.6 is 0 Å². The molecule has 0 spiro atoms. The van der Waals surface area contributed by atoms with Crippen LogP contribution in [0.3, 0.4) is 0 Å². The Bertz CT molecular complexity index is 104. The van der Waals surface area contributed by atoms with Crippen molar-refractivity contribution in [2.24, 2.45) is 5.73 Å². The molecule has 0 bridgehead atoms. The van der Waals surface area contributed by atoms with Crippen molar-refractivity contribution >= 4 is 94.6 Å². The van der Waals surface area contributed by atoms with Crippen molar-refractivity contribution in [2.45, 2.75) is 13.8 Å². The molecule has 0 aliphatic heterocycles. The molecule has 0 radical (unpaired) electrons. The van der Waals surface area contributed by atoms with Crippen LogP contribution in [0.15, 0.2) is 0 Å². The first kappa shape index (κ1) is 29.9. The van der Waals surface area contributed by atoms with Gasteiger partial charge in [0.05, 0.1) is 0 Å². The number of nitrogens with two attached hydrogens (primary N) is 1. The molecule has 0 atom stereocenters. The van der Waals surface area contributed by atoms with E-state index in [-0.39, 0.29) is 88.7 Å². The molecular formula is C6H19N2Na3O3. The quantitative estimate of drug-likeness (QED) is 0.382. The molecule has 0 amide bonds. The van der Waals surface area contributed by atoms with Crippen molar-refractivity contribution in [1.82, 2.24) is 5.06 Å². The molecule has 0 unspecified atom stereocenters. The first-order chi connectivity index (χ1) is 5.04. The number of rotatable bonds is 3. The van der Waals surface area contributed by atoms with Crippen molar-refractivity contribution in [3.05, 3.63) is 0 Å². The van der Waals surface area contributed by atoms with Crippen LogP contribution in [0, 0.1) is 0 Å². The van der Waals surface area contributed by atoms with Gasteiger partial charge in [-0.05, 0) is 0 Å². The number of aliphatic carboxylic acids is 1. The molecule has 0 aliphatic carbocycles. The Morgan fingerprint density at radius 1 is 1.36 bits per heavy atom. The summed E-state index contributed by atoms with van der Waals surface area (Å²) in [6.45, 7) is 4.69. The van der Waals surface area contributed by atoms with E-state index in [1.165, 1.54) is 5.06 Å². The fourth-order valence-electron chi connectivity index (χ4n) is 0.307. The Kier molecular flexibility index (Phi) is 52.4. The number of carboxylic acids is 1. The van der Waals surface area contributed by atoms with Crippen LogP contribution in [0.25, 0.3) is 0 Å². The van der Waals surface area contributed by atoms with Crippen LogP contribution in [0.5, 0.6) is 0 Å². The number of hydroxylamine groups is 2. The maximum absolute atomic E-state index is 9.00. The van der Waals surface area contributed by atoms with E-state index in [2.05, 4.69) is 0 Å². The predicted octanol–water partition coefficient (Wildman–Crippen LogP) is -2.20. The summed E-state index contributed by atoms with van der Waals surface area (Å²) in [6, 6.07) is 0. The number of carbonyl (C=O) groups is 1. The van der Waals surface area contributed by atoms with E-state index < -0.39 is 5.97 Å². The van der Waals surface area contributed by atoms with E-state index in [0.29, 0.717) is 19.6 Å². The zero-order valence-corrected chi connectivity index (χ0v) is 6.95. The van der Waals surface area contributed by atoms with E-state index in [0.717, 1.165) is 6.92 Å². The summed E-state index contributed by atoms with van der Waals surface area (Å²) in [7, 11) is 0. The van der Waals surface area contributed by atoms with Gasteiger partial charge in [-0.25, -0.2) is 0 Å². The Balaban J connectivity index is -0.0000000347. The molecule has 0 heterocycles. The molecule has 0 rings (SSSR count). The number of nitrogens with zero attached hydrogens (tertiary/aromatic N) is 1. The van der Waals surface area contributed by atoms with Gasteiger partial charge < -0.3 is 16.0 Å². The number of hydrogen-bond acceptors (Lipinski definition) is 4. The molecule has 74 valence electrons. The molecule has 0 saturated heterocycles. The second-order valence-corrected chi connectivity index (χ2v) is 1.85. The molecule has 0 aromatic carbocycles. The summed E-state index contributed by atoms with van der Waals surface area (Å²) >= 11 is 0. The third kappa shape index (κ3) is 47.3. The minimum atomic E-state index is -0.833. The Labute approximate surface area is 152 Å².